The summed E-state index contributed by atoms with van der Waals surface area (Å²) in [6.07, 6.45) is 3.93. The lowest BCUT2D eigenvalue weighted by molar-refractivity contribution is -0.124. The lowest BCUT2D eigenvalue weighted by Gasteiger charge is -2.33. The van der Waals surface area contributed by atoms with Crippen LogP contribution in [0.5, 0.6) is 0 Å². The number of para-hydroxylation sites is 4. The molecule has 4 atom stereocenters. The topological polar surface area (TPSA) is 136 Å². The highest BCUT2D eigenvalue weighted by molar-refractivity contribution is 7.17. The quantitative estimate of drug-likeness (QED) is 0.109. The summed E-state index contributed by atoms with van der Waals surface area (Å²) in [4.78, 5) is 35.1. The standard InChI is InChI=1S/C52H34N6O2S2/c53-29-33(30-54)49-41-27-44-42(28-43(41)51(59)45(49)25-39-21-23-47(61-39)57(35-13-5-1-6-14-35)36-15-7-2-8-16-36)50(34(31-55)32-56)46(52(44)60)26-40-22-24-48(62-40)58(37-17-9-3-10-18-37)38-19-11-4-12-20-38/h1-26,41-44H,27-28H2/b45-25-,46-26-. The second-order valence-corrected chi connectivity index (χ2v) is 17.3. The van der Waals surface area contributed by atoms with Gasteiger partial charge in [0.15, 0.2) is 11.6 Å². The van der Waals surface area contributed by atoms with Gasteiger partial charge in [0.25, 0.3) is 0 Å². The van der Waals surface area contributed by atoms with E-state index in [1.165, 1.54) is 22.7 Å². The van der Waals surface area contributed by atoms with Crippen molar-refractivity contribution in [2.45, 2.75) is 12.8 Å². The van der Waals surface area contributed by atoms with Gasteiger partial charge in [0.2, 0.25) is 0 Å². The first-order valence-corrected chi connectivity index (χ1v) is 21.7. The number of benzene rings is 4. The maximum atomic E-state index is 14.7. The summed E-state index contributed by atoms with van der Waals surface area (Å²) in [5, 5.41) is 42.8. The molecule has 296 valence electrons. The van der Waals surface area contributed by atoms with E-state index >= 15 is 0 Å². The summed E-state index contributed by atoms with van der Waals surface area (Å²) in [6, 6.07) is 55.9. The van der Waals surface area contributed by atoms with E-state index in [0.29, 0.717) is 22.3 Å². The first-order chi connectivity index (χ1) is 30.4. The number of carbonyl (C=O) groups is 2. The van der Waals surface area contributed by atoms with Crippen LogP contribution in [0, 0.1) is 69.0 Å². The molecule has 2 aromatic heterocycles. The number of nitriles is 4. The van der Waals surface area contributed by atoms with E-state index in [0.717, 1.165) is 42.5 Å². The molecular formula is C52H34N6O2S2. The third-order valence-electron chi connectivity index (χ3n) is 11.8. The highest BCUT2D eigenvalue weighted by Gasteiger charge is 2.56. The van der Waals surface area contributed by atoms with Crippen LogP contribution in [-0.2, 0) is 9.59 Å². The molecule has 4 unspecified atom stereocenters. The molecular weight excluding hydrogens is 805 g/mol. The Labute approximate surface area is 367 Å². The molecule has 4 aromatic carbocycles. The number of ketones is 2. The second-order valence-electron chi connectivity index (χ2n) is 15.1. The van der Waals surface area contributed by atoms with Crippen molar-refractivity contribution in [1.29, 1.82) is 21.0 Å². The molecule has 3 saturated carbocycles. The van der Waals surface area contributed by atoms with E-state index in [-0.39, 0.29) is 35.6 Å². The fourth-order valence-electron chi connectivity index (χ4n) is 9.19. The van der Waals surface area contributed by atoms with Crippen LogP contribution in [0.1, 0.15) is 22.6 Å². The lowest BCUT2D eigenvalue weighted by Crippen LogP contribution is -2.32. The zero-order valence-corrected chi connectivity index (χ0v) is 34.7. The first kappa shape index (κ1) is 39.6. The molecule has 10 heteroatoms. The van der Waals surface area contributed by atoms with E-state index in [9.17, 15) is 30.6 Å². The summed E-state index contributed by atoms with van der Waals surface area (Å²) < 4.78 is 0. The second kappa shape index (κ2) is 17.0. The number of hydrogen-bond acceptors (Lipinski definition) is 10. The van der Waals surface area contributed by atoms with Crippen molar-refractivity contribution in [1.82, 2.24) is 0 Å². The number of allylic oxidation sites excluding steroid dienone is 6. The van der Waals surface area contributed by atoms with Crippen molar-refractivity contribution < 1.29 is 9.59 Å². The van der Waals surface area contributed by atoms with Gasteiger partial charge in [-0.1, -0.05) is 72.8 Å². The molecule has 0 bridgehead atoms. The van der Waals surface area contributed by atoms with E-state index in [1.54, 1.807) is 12.2 Å². The number of rotatable bonds is 8. The lowest BCUT2D eigenvalue weighted by atomic mass is 9.68. The van der Waals surface area contributed by atoms with Gasteiger partial charge in [-0.15, -0.1) is 22.7 Å². The van der Waals surface area contributed by atoms with Gasteiger partial charge in [0, 0.05) is 55.5 Å². The van der Waals surface area contributed by atoms with Gasteiger partial charge >= 0.3 is 0 Å². The normalized spacial score (nSPS) is 20.1. The number of nitrogens with zero attached hydrogens (tertiary/aromatic N) is 6. The molecule has 3 aliphatic rings. The van der Waals surface area contributed by atoms with Crippen LogP contribution in [-0.4, -0.2) is 11.6 Å². The molecule has 0 amide bonds. The molecule has 2 heterocycles. The minimum Gasteiger partial charge on any atom is -0.302 e. The minimum atomic E-state index is -0.654. The Hall–Kier alpha value is -7.86. The Balaban J connectivity index is 1.07. The zero-order chi connectivity index (χ0) is 42.7. The largest absolute Gasteiger partial charge is 0.302 e. The SMILES string of the molecule is N#CC(C#N)=C1/C(=C/c2ccc(N(c3ccccc3)c3ccccc3)s2)C(=O)C2CC3C(=C(C#N)C#N)/C(=C/c4ccc(N(c5ccccc5)c5ccccc5)s4)C(=O)C3CC12. The van der Waals surface area contributed by atoms with Crippen LogP contribution in [0.4, 0.5) is 32.8 Å². The third kappa shape index (κ3) is 7.15. The Morgan fingerprint density at radius 1 is 0.452 bits per heavy atom. The Morgan fingerprint density at radius 3 is 1.05 bits per heavy atom. The number of carbonyl (C=O) groups excluding carboxylic acids is 2. The fraction of sp³-hybridized carbons (Fsp3) is 0.115. The van der Waals surface area contributed by atoms with Crippen LogP contribution in [0.15, 0.2) is 179 Å². The van der Waals surface area contributed by atoms with E-state index in [2.05, 4.69) is 9.80 Å². The van der Waals surface area contributed by atoms with Crippen molar-refractivity contribution >= 4 is 79.1 Å². The van der Waals surface area contributed by atoms with Crippen molar-refractivity contribution in [3.8, 4) is 24.3 Å². The van der Waals surface area contributed by atoms with E-state index in [4.69, 9.17) is 0 Å². The number of fused-ring (bicyclic) bond motifs is 2. The Bertz CT molecular complexity index is 2710. The molecule has 6 aromatic rings. The number of hydrogen-bond donors (Lipinski definition) is 0. The number of thiophene rings is 2. The van der Waals surface area contributed by atoms with Crippen LogP contribution < -0.4 is 9.80 Å². The maximum Gasteiger partial charge on any atom is 0.166 e. The number of Topliss-reactive ketones (excluding diaryl/α,β-unsaturated/α-hetero) is 2. The van der Waals surface area contributed by atoms with Gasteiger partial charge in [-0.2, -0.15) is 21.0 Å². The van der Waals surface area contributed by atoms with Crippen molar-refractivity contribution in [3.05, 3.63) is 189 Å². The molecule has 0 N–H and O–H groups in total. The summed E-state index contributed by atoms with van der Waals surface area (Å²) in [5.74, 6) is -2.87. The van der Waals surface area contributed by atoms with Gasteiger partial charge in [0.05, 0.1) is 0 Å². The molecule has 9 rings (SSSR count). The van der Waals surface area contributed by atoms with Crippen LogP contribution in [0.3, 0.4) is 0 Å². The van der Waals surface area contributed by atoms with Gasteiger partial charge in [-0.25, -0.2) is 0 Å². The van der Waals surface area contributed by atoms with Crippen LogP contribution >= 0.6 is 22.7 Å². The molecule has 0 aliphatic heterocycles. The summed E-state index contributed by atoms with van der Waals surface area (Å²) in [7, 11) is 0. The highest BCUT2D eigenvalue weighted by atomic mass is 32.1. The summed E-state index contributed by atoms with van der Waals surface area (Å²) in [6.45, 7) is 0. The maximum absolute atomic E-state index is 14.7. The first-order valence-electron chi connectivity index (χ1n) is 20.0. The smallest absolute Gasteiger partial charge is 0.166 e. The molecule has 8 nitrogen and oxygen atoms in total. The molecule has 3 fully saturated rings. The van der Waals surface area contributed by atoms with E-state index in [1.807, 2.05) is 170 Å². The van der Waals surface area contributed by atoms with Gasteiger partial charge < -0.3 is 9.80 Å². The monoisotopic (exact) mass is 838 g/mol. The molecule has 0 radical (unpaired) electrons. The fourth-order valence-corrected chi connectivity index (χ4v) is 11.2. The number of anilines is 6. The van der Waals surface area contributed by atoms with Crippen molar-refractivity contribution in [3.63, 3.8) is 0 Å². The van der Waals surface area contributed by atoms with Gasteiger partial charge in [0.1, 0.15) is 45.4 Å². The zero-order valence-electron chi connectivity index (χ0n) is 33.1. The van der Waals surface area contributed by atoms with Gasteiger partial charge in [-0.05, 0) is 121 Å². The average Bonchev–Trinajstić information content (AvgIpc) is 4.09. The van der Waals surface area contributed by atoms with Crippen LogP contribution in [0.2, 0.25) is 0 Å². The molecule has 3 aliphatic carbocycles. The highest BCUT2D eigenvalue weighted by Crippen LogP contribution is 2.58. The molecule has 0 spiro atoms. The average molecular weight is 839 g/mol. The third-order valence-corrected chi connectivity index (χ3v) is 13.8. The predicted octanol–water partition coefficient (Wildman–Crippen LogP) is 12.3. The van der Waals surface area contributed by atoms with Crippen molar-refractivity contribution in [2.75, 3.05) is 9.80 Å². The molecule has 62 heavy (non-hydrogen) atoms. The molecule has 0 saturated heterocycles. The Morgan fingerprint density at radius 2 is 0.758 bits per heavy atom. The van der Waals surface area contributed by atoms with Gasteiger partial charge in [-0.3, -0.25) is 9.59 Å². The summed E-state index contributed by atoms with van der Waals surface area (Å²) in [5.41, 5.74) is 4.85. The van der Waals surface area contributed by atoms with Crippen molar-refractivity contribution in [2.24, 2.45) is 23.7 Å². The van der Waals surface area contributed by atoms with Crippen LogP contribution in [0.25, 0.3) is 12.2 Å². The minimum absolute atomic E-state index is 0.151. The predicted molar refractivity (Wildman–Crippen MR) is 244 cm³/mol. The van der Waals surface area contributed by atoms with E-state index < -0.39 is 23.7 Å². The Kier molecular flexibility index (Phi) is 10.9. The summed E-state index contributed by atoms with van der Waals surface area (Å²) >= 11 is 2.95.